The molecule has 3 aromatic rings. The summed E-state index contributed by atoms with van der Waals surface area (Å²) in [5.74, 6) is -0.626. The monoisotopic (exact) mass is 528 g/mol. The van der Waals surface area contributed by atoms with Crippen molar-refractivity contribution in [1.29, 1.82) is 0 Å². The van der Waals surface area contributed by atoms with Crippen LogP contribution in [0.25, 0.3) is 22.4 Å². The molecular formula is C20H13Br2F3N2O2. The molecule has 0 amide bonds. The number of nitrogens with zero attached hydrogens (tertiary/aromatic N) is 2. The molecule has 1 aromatic carbocycles. The number of esters is 1. The Kier molecular flexibility index (Phi) is 6.38. The average Bonchev–Trinajstić information content (AvgIpc) is 2.67. The first-order chi connectivity index (χ1) is 13.7. The molecule has 0 unspecified atom stereocenters. The minimum absolute atomic E-state index is 0.134. The molecule has 2 heterocycles. The van der Waals surface area contributed by atoms with Crippen LogP contribution in [0.2, 0.25) is 0 Å². The summed E-state index contributed by atoms with van der Waals surface area (Å²) in [5, 5.41) is 0. The summed E-state index contributed by atoms with van der Waals surface area (Å²) in [4.78, 5) is 21.0. The summed E-state index contributed by atoms with van der Waals surface area (Å²) in [6.45, 7) is 1.81. The van der Waals surface area contributed by atoms with Gasteiger partial charge in [0.15, 0.2) is 0 Å². The van der Waals surface area contributed by atoms with E-state index in [1.165, 1.54) is 24.4 Å². The zero-order valence-corrected chi connectivity index (χ0v) is 18.1. The Morgan fingerprint density at radius 2 is 1.76 bits per heavy atom. The molecule has 0 saturated carbocycles. The second kappa shape index (κ2) is 8.62. The molecule has 9 heteroatoms. The number of carbonyl (C=O) groups is 1. The van der Waals surface area contributed by atoms with Crippen LogP contribution in [0.5, 0.6) is 0 Å². The Hall–Kier alpha value is -2.26. The first-order valence-corrected chi connectivity index (χ1v) is 9.95. The van der Waals surface area contributed by atoms with Gasteiger partial charge in [-0.2, -0.15) is 13.2 Å². The van der Waals surface area contributed by atoms with Gasteiger partial charge in [0, 0.05) is 38.7 Å². The van der Waals surface area contributed by atoms with E-state index in [1.54, 1.807) is 19.3 Å². The van der Waals surface area contributed by atoms with Gasteiger partial charge >= 0.3 is 12.1 Å². The number of rotatable bonds is 4. The predicted molar refractivity (Wildman–Crippen MR) is 109 cm³/mol. The van der Waals surface area contributed by atoms with Gasteiger partial charge in [-0.1, -0.05) is 12.1 Å². The number of carbonyl (C=O) groups excluding carboxylic acids is 1. The number of ether oxygens (including phenoxy) is 1. The minimum Gasteiger partial charge on any atom is -0.462 e. The molecule has 0 saturated heterocycles. The van der Waals surface area contributed by atoms with Crippen LogP contribution in [0.15, 0.2) is 57.9 Å². The molecule has 0 atom stereocenters. The van der Waals surface area contributed by atoms with Crippen molar-refractivity contribution in [2.75, 3.05) is 6.61 Å². The number of halogens is 5. The lowest BCUT2D eigenvalue weighted by Crippen LogP contribution is -2.09. The fourth-order valence-corrected chi connectivity index (χ4v) is 4.00. The maximum atomic E-state index is 13.1. The topological polar surface area (TPSA) is 52.1 Å². The van der Waals surface area contributed by atoms with Gasteiger partial charge < -0.3 is 4.74 Å². The van der Waals surface area contributed by atoms with Gasteiger partial charge in [0.05, 0.1) is 23.4 Å². The van der Waals surface area contributed by atoms with Gasteiger partial charge in [-0.15, -0.1) is 0 Å². The van der Waals surface area contributed by atoms with E-state index in [0.29, 0.717) is 25.8 Å². The molecule has 0 bridgehead atoms. The SMILES string of the molecule is CCOC(=O)c1cc(-c2cccc(C(F)(F)F)c2)cnc1-c1c(Br)cncc1Br. The number of hydrogen-bond donors (Lipinski definition) is 0. The number of pyridine rings is 2. The van der Waals surface area contributed by atoms with Crippen molar-refractivity contribution in [3.05, 3.63) is 69.0 Å². The summed E-state index contributed by atoms with van der Waals surface area (Å²) in [7, 11) is 0. The van der Waals surface area contributed by atoms with Gasteiger partial charge in [-0.25, -0.2) is 4.79 Å². The van der Waals surface area contributed by atoms with Crippen molar-refractivity contribution in [3.8, 4) is 22.4 Å². The third-order valence-corrected chi connectivity index (χ3v) is 5.20. The molecule has 0 spiro atoms. The van der Waals surface area contributed by atoms with Crippen LogP contribution in [0.3, 0.4) is 0 Å². The van der Waals surface area contributed by atoms with E-state index in [-0.39, 0.29) is 17.7 Å². The molecule has 150 valence electrons. The summed E-state index contributed by atoms with van der Waals surface area (Å²) in [6, 6.07) is 6.33. The number of aromatic nitrogens is 2. The van der Waals surface area contributed by atoms with Crippen molar-refractivity contribution < 1.29 is 22.7 Å². The second-order valence-corrected chi connectivity index (χ2v) is 7.61. The first-order valence-electron chi connectivity index (χ1n) is 8.36. The maximum absolute atomic E-state index is 13.1. The Morgan fingerprint density at radius 1 is 1.07 bits per heavy atom. The van der Waals surface area contributed by atoms with E-state index in [4.69, 9.17) is 4.74 Å². The smallest absolute Gasteiger partial charge is 0.416 e. The van der Waals surface area contributed by atoms with Crippen molar-refractivity contribution in [1.82, 2.24) is 9.97 Å². The molecule has 0 aliphatic carbocycles. The Morgan fingerprint density at radius 3 is 2.38 bits per heavy atom. The van der Waals surface area contributed by atoms with Gasteiger partial charge in [0.25, 0.3) is 0 Å². The van der Waals surface area contributed by atoms with Gasteiger partial charge in [-0.3, -0.25) is 9.97 Å². The van der Waals surface area contributed by atoms with Crippen LogP contribution in [-0.2, 0) is 10.9 Å². The van der Waals surface area contributed by atoms with Gasteiger partial charge in [0.1, 0.15) is 0 Å². The van der Waals surface area contributed by atoms with Crippen molar-refractivity contribution in [2.45, 2.75) is 13.1 Å². The van der Waals surface area contributed by atoms with E-state index in [1.807, 2.05) is 0 Å². The minimum atomic E-state index is -4.47. The number of hydrogen-bond acceptors (Lipinski definition) is 4. The van der Waals surface area contributed by atoms with E-state index in [2.05, 4.69) is 41.8 Å². The maximum Gasteiger partial charge on any atom is 0.416 e. The first kappa shape index (κ1) is 21.4. The summed E-state index contributed by atoms with van der Waals surface area (Å²) >= 11 is 6.78. The molecule has 0 N–H and O–H groups in total. The Bertz CT molecular complexity index is 1050. The lowest BCUT2D eigenvalue weighted by molar-refractivity contribution is -0.137. The van der Waals surface area contributed by atoms with Crippen LogP contribution >= 0.6 is 31.9 Å². The highest BCUT2D eigenvalue weighted by Gasteiger charge is 2.30. The van der Waals surface area contributed by atoms with Crippen molar-refractivity contribution in [2.24, 2.45) is 0 Å². The zero-order chi connectivity index (χ0) is 21.2. The molecule has 0 radical (unpaired) electrons. The molecule has 29 heavy (non-hydrogen) atoms. The highest BCUT2D eigenvalue weighted by Crippen LogP contribution is 2.37. The number of benzene rings is 1. The predicted octanol–water partition coefficient (Wildman–Crippen LogP) is 6.53. The Labute approximate surface area is 181 Å². The van der Waals surface area contributed by atoms with Gasteiger partial charge in [-0.05, 0) is 62.5 Å². The molecular weight excluding hydrogens is 517 g/mol. The summed E-state index contributed by atoms with van der Waals surface area (Å²) < 4.78 is 45.5. The van der Waals surface area contributed by atoms with Crippen LogP contribution in [0, 0.1) is 0 Å². The summed E-state index contributed by atoms with van der Waals surface area (Å²) in [6.07, 6.45) is 0.0574. The van der Waals surface area contributed by atoms with E-state index in [0.717, 1.165) is 12.1 Å². The second-order valence-electron chi connectivity index (χ2n) is 5.90. The van der Waals surface area contributed by atoms with E-state index < -0.39 is 17.7 Å². The third-order valence-electron chi connectivity index (χ3n) is 4.00. The van der Waals surface area contributed by atoms with Gasteiger partial charge in [0.2, 0.25) is 0 Å². The van der Waals surface area contributed by atoms with E-state index in [9.17, 15) is 18.0 Å². The van der Waals surface area contributed by atoms with Crippen LogP contribution in [0.1, 0.15) is 22.8 Å². The zero-order valence-electron chi connectivity index (χ0n) is 14.9. The fraction of sp³-hybridized carbons (Fsp3) is 0.150. The lowest BCUT2D eigenvalue weighted by Gasteiger charge is -2.14. The highest BCUT2D eigenvalue weighted by molar-refractivity contribution is 9.11. The van der Waals surface area contributed by atoms with E-state index >= 15 is 0 Å². The number of alkyl halides is 3. The normalized spacial score (nSPS) is 11.4. The van der Waals surface area contributed by atoms with Crippen LogP contribution in [-0.4, -0.2) is 22.5 Å². The largest absolute Gasteiger partial charge is 0.462 e. The lowest BCUT2D eigenvalue weighted by atomic mass is 10.00. The molecule has 4 nitrogen and oxygen atoms in total. The molecule has 0 aliphatic rings. The summed E-state index contributed by atoms with van der Waals surface area (Å²) in [5.41, 5.74) is 0.909. The van der Waals surface area contributed by atoms with Crippen molar-refractivity contribution >= 4 is 37.8 Å². The standard InChI is InChI=1S/C20H13Br2F3N2O2/c1-2-29-19(28)14-7-12(11-4-3-5-13(6-11)20(23,24)25)8-27-18(14)17-15(21)9-26-10-16(17)22/h3-10H,2H2,1H3. The molecule has 3 rings (SSSR count). The highest BCUT2D eigenvalue weighted by atomic mass is 79.9. The van der Waals surface area contributed by atoms with Crippen LogP contribution in [0.4, 0.5) is 13.2 Å². The Balaban J connectivity index is 2.19. The fourth-order valence-electron chi connectivity index (χ4n) is 2.70. The van der Waals surface area contributed by atoms with Crippen LogP contribution < -0.4 is 0 Å². The van der Waals surface area contributed by atoms with Crippen molar-refractivity contribution in [3.63, 3.8) is 0 Å². The quantitative estimate of drug-likeness (QED) is 0.360. The third kappa shape index (κ3) is 4.67. The average molecular weight is 530 g/mol. The molecule has 0 aliphatic heterocycles. The molecule has 2 aromatic heterocycles. The molecule has 0 fully saturated rings.